The summed E-state index contributed by atoms with van der Waals surface area (Å²) >= 11 is 0. The summed E-state index contributed by atoms with van der Waals surface area (Å²) in [4.78, 5) is 47.8. The van der Waals surface area contributed by atoms with Crippen molar-refractivity contribution in [2.75, 3.05) is 13.2 Å². The molecule has 1 heterocycles. The van der Waals surface area contributed by atoms with E-state index in [4.69, 9.17) is 4.74 Å². The van der Waals surface area contributed by atoms with E-state index < -0.39 is 23.2 Å². The number of ether oxygens (including phenoxy) is 2. The molecule has 0 aliphatic carbocycles. The summed E-state index contributed by atoms with van der Waals surface area (Å²) in [5, 5.41) is 0. The Balaban J connectivity index is 3.30. The highest BCUT2D eigenvalue weighted by molar-refractivity contribution is 6.14. The summed E-state index contributed by atoms with van der Waals surface area (Å²) in [6, 6.07) is 1.04. The van der Waals surface area contributed by atoms with E-state index in [0.717, 1.165) is 22.9 Å². The highest BCUT2D eigenvalue weighted by Crippen LogP contribution is 2.04. The molecule has 0 unspecified atom stereocenters. The second-order valence-corrected chi connectivity index (χ2v) is 3.48. The van der Waals surface area contributed by atoms with Crippen molar-refractivity contribution in [3.05, 3.63) is 39.2 Å². The largest absolute Gasteiger partial charge is 0.463 e. The number of nitrogens with zero attached hydrogens (tertiary/aromatic N) is 1. The fourth-order valence-electron chi connectivity index (χ4n) is 1.33. The molecule has 0 amide bonds. The van der Waals surface area contributed by atoms with Gasteiger partial charge in [0, 0.05) is 12.3 Å². The van der Waals surface area contributed by atoms with Gasteiger partial charge >= 0.3 is 17.6 Å². The maximum atomic E-state index is 11.8. The third-order valence-electron chi connectivity index (χ3n) is 2.11. The number of esters is 2. The second kappa shape index (κ2) is 7.07. The van der Waals surface area contributed by atoms with E-state index in [-0.39, 0.29) is 18.9 Å². The van der Waals surface area contributed by atoms with Crippen LogP contribution in [0.25, 0.3) is 5.70 Å². The second-order valence-electron chi connectivity index (χ2n) is 3.48. The molecular weight excluding hydrogens is 268 g/mol. The van der Waals surface area contributed by atoms with Gasteiger partial charge in [0.1, 0.15) is 5.70 Å². The smallest absolute Gasteiger partial charge is 0.355 e. The lowest BCUT2D eigenvalue weighted by Gasteiger charge is -2.08. The Bertz CT molecular complexity index is 640. The number of nitrogens with one attached hydrogen (secondary N) is 1. The number of hydrogen-bond donors (Lipinski definition) is 1. The van der Waals surface area contributed by atoms with E-state index in [1.165, 1.54) is 0 Å². The Morgan fingerprint density at radius 3 is 2.45 bits per heavy atom. The molecule has 1 rings (SSSR count). The first kappa shape index (κ1) is 15.4. The molecule has 8 heteroatoms. The highest BCUT2D eigenvalue weighted by Gasteiger charge is 2.17. The molecular formula is C12H14N2O6. The zero-order chi connectivity index (χ0) is 15.1. The molecule has 0 bridgehead atoms. The van der Waals surface area contributed by atoms with E-state index in [1.54, 1.807) is 13.8 Å². The first-order valence-corrected chi connectivity index (χ1v) is 5.87. The molecule has 0 aliphatic heterocycles. The molecule has 20 heavy (non-hydrogen) atoms. The molecule has 1 aromatic heterocycles. The third kappa shape index (κ3) is 3.94. The Morgan fingerprint density at radius 2 is 1.90 bits per heavy atom. The van der Waals surface area contributed by atoms with E-state index >= 15 is 0 Å². The van der Waals surface area contributed by atoms with Crippen LogP contribution in [0.4, 0.5) is 0 Å². The summed E-state index contributed by atoms with van der Waals surface area (Å²) in [6.07, 6.45) is 1.91. The van der Waals surface area contributed by atoms with Crippen molar-refractivity contribution in [1.29, 1.82) is 0 Å². The Kier molecular flexibility index (Phi) is 5.45. The molecule has 1 aromatic rings. The monoisotopic (exact) mass is 282 g/mol. The van der Waals surface area contributed by atoms with Crippen LogP contribution in [0.1, 0.15) is 13.8 Å². The van der Waals surface area contributed by atoms with Crippen LogP contribution in [0.5, 0.6) is 0 Å². The van der Waals surface area contributed by atoms with Gasteiger partial charge in [-0.2, -0.15) is 0 Å². The number of aromatic nitrogens is 2. The Morgan fingerprint density at radius 1 is 1.25 bits per heavy atom. The molecule has 0 saturated heterocycles. The van der Waals surface area contributed by atoms with Crippen LogP contribution in [0.3, 0.4) is 0 Å². The van der Waals surface area contributed by atoms with Gasteiger partial charge in [0.2, 0.25) is 0 Å². The van der Waals surface area contributed by atoms with Crippen LogP contribution in [-0.2, 0) is 19.1 Å². The van der Waals surface area contributed by atoms with Gasteiger partial charge in [-0.1, -0.05) is 0 Å². The van der Waals surface area contributed by atoms with Gasteiger partial charge in [0.05, 0.1) is 19.3 Å². The summed E-state index contributed by atoms with van der Waals surface area (Å²) in [5.41, 5.74) is -1.82. The Hall–Kier alpha value is -2.64. The number of aromatic amines is 1. The quantitative estimate of drug-likeness (QED) is 0.576. The van der Waals surface area contributed by atoms with Gasteiger partial charge in [-0.25, -0.2) is 14.4 Å². The lowest BCUT2D eigenvalue weighted by atomic mass is 10.3. The van der Waals surface area contributed by atoms with Gasteiger partial charge in [-0.3, -0.25) is 14.3 Å². The van der Waals surface area contributed by atoms with Crippen molar-refractivity contribution < 1.29 is 19.1 Å². The van der Waals surface area contributed by atoms with Crippen LogP contribution in [0.2, 0.25) is 0 Å². The molecule has 1 N–H and O–H groups in total. The van der Waals surface area contributed by atoms with Crippen LogP contribution in [-0.4, -0.2) is 34.7 Å². The van der Waals surface area contributed by atoms with Gasteiger partial charge in [-0.15, -0.1) is 0 Å². The molecule has 8 nitrogen and oxygen atoms in total. The number of rotatable bonds is 5. The minimum absolute atomic E-state index is 0.0666. The van der Waals surface area contributed by atoms with Crippen molar-refractivity contribution in [1.82, 2.24) is 9.55 Å². The zero-order valence-electron chi connectivity index (χ0n) is 11.0. The fourth-order valence-corrected chi connectivity index (χ4v) is 1.33. The summed E-state index contributed by atoms with van der Waals surface area (Å²) in [7, 11) is 0. The third-order valence-corrected chi connectivity index (χ3v) is 2.11. The topological polar surface area (TPSA) is 107 Å². The van der Waals surface area contributed by atoms with E-state index in [1.807, 2.05) is 4.98 Å². The van der Waals surface area contributed by atoms with Crippen molar-refractivity contribution >= 4 is 17.6 Å². The van der Waals surface area contributed by atoms with E-state index in [0.29, 0.717) is 0 Å². The molecule has 0 saturated carbocycles. The molecule has 108 valence electrons. The molecule has 0 fully saturated rings. The van der Waals surface area contributed by atoms with Crippen LogP contribution >= 0.6 is 0 Å². The van der Waals surface area contributed by atoms with E-state index in [2.05, 4.69) is 4.74 Å². The summed E-state index contributed by atoms with van der Waals surface area (Å²) in [5.74, 6) is -1.68. The molecule has 0 aromatic carbocycles. The lowest BCUT2D eigenvalue weighted by Crippen LogP contribution is -2.31. The number of carbonyl (C=O) groups is 2. The summed E-state index contributed by atoms with van der Waals surface area (Å²) in [6.45, 7) is 3.36. The van der Waals surface area contributed by atoms with Crippen LogP contribution in [0, 0.1) is 0 Å². The SMILES string of the molecule is CCOC(=O)/C=C(/C(=O)OCC)n1ccc(=O)[nH]c1=O. The number of hydrogen-bond acceptors (Lipinski definition) is 6. The Labute approximate surface area is 113 Å². The number of H-pyrrole nitrogens is 1. The molecule has 0 radical (unpaired) electrons. The van der Waals surface area contributed by atoms with Gasteiger partial charge in [0.25, 0.3) is 5.56 Å². The predicted molar refractivity (Wildman–Crippen MR) is 68.9 cm³/mol. The first-order valence-electron chi connectivity index (χ1n) is 5.87. The zero-order valence-corrected chi connectivity index (χ0v) is 11.0. The lowest BCUT2D eigenvalue weighted by molar-refractivity contribution is -0.139. The van der Waals surface area contributed by atoms with Gasteiger partial charge in [-0.05, 0) is 13.8 Å². The first-order chi connectivity index (χ1) is 9.49. The molecule has 0 atom stereocenters. The maximum absolute atomic E-state index is 11.8. The minimum Gasteiger partial charge on any atom is -0.463 e. The number of carbonyl (C=O) groups excluding carboxylic acids is 2. The van der Waals surface area contributed by atoms with Crippen molar-refractivity contribution in [2.24, 2.45) is 0 Å². The average Bonchev–Trinajstić information content (AvgIpc) is 2.37. The predicted octanol–water partition coefficient (Wildman–Crippen LogP) is -0.496. The van der Waals surface area contributed by atoms with Crippen molar-refractivity contribution in [2.45, 2.75) is 13.8 Å². The average molecular weight is 282 g/mol. The van der Waals surface area contributed by atoms with Crippen molar-refractivity contribution in [3.63, 3.8) is 0 Å². The fraction of sp³-hybridized carbons (Fsp3) is 0.333. The van der Waals surface area contributed by atoms with Crippen LogP contribution < -0.4 is 11.2 Å². The van der Waals surface area contributed by atoms with Crippen LogP contribution in [0.15, 0.2) is 27.9 Å². The van der Waals surface area contributed by atoms with Crippen molar-refractivity contribution in [3.8, 4) is 0 Å². The van der Waals surface area contributed by atoms with Gasteiger partial charge in [0.15, 0.2) is 0 Å². The summed E-state index contributed by atoms with van der Waals surface area (Å²) < 4.78 is 10.2. The minimum atomic E-state index is -0.880. The molecule has 0 spiro atoms. The maximum Gasteiger partial charge on any atom is 0.355 e. The normalized spacial score (nSPS) is 11.0. The van der Waals surface area contributed by atoms with Gasteiger partial charge < -0.3 is 9.47 Å². The van der Waals surface area contributed by atoms with E-state index in [9.17, 15) is 19.2 Å². The standard InChI is InChI=1S/C12H14N2O6/c1-3-19-10(16)7-8(11(17)20-4-2)14-6-5-9(15)13-12(14)18/h5-7H,3-4H2,1-2H3,(H,13,15,18)/b8-7-. The highest BCUT2D eigenvalue weighted by atomic mass is 16.5. The molecule has 0 aliphatic rings.